The zero-order valence-corrected chi connectivity index (χ0v) is 15.9. The van der Waals surface area contributed by atoms with E-state index in [9.17, 15) is 4.79 Å². The van der Waals surface area contributed by atoms with Crippen molar-refractivity contribution in [3.05, 3.63) is 69.8 Å². The van der Waals surface area contributed by atoms with Gasteiger partial charge in [-0.25, -0.2) is 4.79 Å². The van der Waals surface area contributed by atoms with Crippen LogP contribution in [0.15, 0.2) is 36.4 Å². The van der Waals surface area contributed by atoms with Crippen molar-refractivity contribution in [2.24, 2.45) is 5.41 Å². The number of rotatable bonds is 3. The first-order valence-corrected chi connectivity index (χ1v) is 9.03. The van der Waals surface area contributed by atoms with Crippen LogP contribution in [-0.2, 0) is 18.3 Å². The maximum Gasteiger partial charge on any atom is 0.335 e. The molecule has 2 aromatic carbocycles. The van der Waals surface area contributed by atoms with Crippen molar-refractivity contribution in [3.8, 4) is 0 Å². The molecular formula is C23H28O2. The maximum absolute atomic E-state index is 11.0. The minimum absolute atomic E-state index is 0.212. The van der Waals surface area contributed by atoms with Crippen LogP contribution in [0.25, 0.3) is 0 Å². The number of aromatic carboxylic acids is 1. The van der Waals surface area contributed by atoms with Crippen molar-refractivity contribution < 1.29 is 9.90 Å². The smallest absolute Gasteiger partial charge is 0.335 e. The number of carboxylic acids is 1. The Morgan fingerprint density at radius 1 is 1.08 bits per heavy atom. The van der Waals surface area contributed by atoms with Gasteiger partial charge in [-0.2, -0.15) is 0 Å². The number of aryl methyl sites for hydroxylation is 1. The van der Waals surface area contributed by atoms with E-state index in [-0.39, 0.29) is 5.41 Å². The molecule has 0 saturated carbocycles. The minimum Gasteiger partial charge on any atom is -0.478 e. The fourth-order valence-corrected chi connectivity index (χ4v) is 4.63. The lowest BCUT2D eigenvalue weighted by Crippen LogP contribution is -2.35. The highest BCUT2D eigenvalue weighted by atomic mass is 16.4. The van der Waals surface area contributed by atoms with E-state index < -0.39 is 5.97 Å². The van der Waals surface area contributed by atoms with Crippen LogP contribution in [0.4, 0.5) is 0 Å². The summed E-state index contributed by atoms with van der Waals surface area (Å²) in [6.07, 6.45) is 3.18. The highest BCUT2D eigenvalue weighted by Crippen LogP contribution is 2.46. The first-order valence-electron chi connectivity index (χ1n) is 9.03. The fourth-order valence-electron chi connectivity index (χ4n) is 4.63. The third-order valence-corrected chi connectivity index (χ3v) is 5.48. The van der Waals surface area contributed by atoms with Crippen molar-refractivity contribution >= 4 is 5.97 Å². The van der Waals surface area contributed by atoms with Gasteiger partial charge in [0.05, 0.1) is 5.56 Å². The molecule has 0 radical (unpaired) electrons. The van der Waals surface area contributed by atoms with Crippen LogP contribution in [0, 0.1) is 12.3 Å². The summed E-state index contributed by atoms with van der Waals surface area (Å²) in [5.41, 5.74) is 7.68. The first-order chi connectivity index (χ1) is 11.6. The van der Waals surface area contributed by atoms with E-state index in [1.165, 1.54) is 28.7 Å². The Kier molecular flexibility index (Phi) is 4.26. The van der Waals surface area contributed by atoms with Gasteiger partial charge in [-0.05, 0) is 77.0 Å². The second kappa shape index (κ2) is 6.01. The zero-order valence-electron chi connectivity index (χ0n) is 15.9. The maximum atomic E-state index is 11.0. The largest absolute Gasteiger partial charge is 0.478 e. The quantitative estimate of drug-likeness (QED) is 0.799. The molecule has 1 aliphatic carbocycles. The Morgan fingerprint density at radius 2 is 1.72 bits per heavy atom. The molecule has 0 amide bonds. The normalized spacial score (nSPS) is 17.8. The lowest BCUT2D eigenvalue weighted by atomic mass is 9.62. The van der Waals surface area contributed by atoms with E-state index in [2.05, 4.69) is 46.8 Å². The van der Waals surface area contributed by atoms with Gasteiger partial charge in [0.2, 0.25) is 0 Å². The van der Waals surface area contributed by atoms with E-state index >= 15 is 0 Å². The highest BCUT2D eigenvalue weighted by Gasteiger charge is 2.37. The van der Waals surface area contributed by atoms with E-state index in [4.69, 9.17) is 5.11 Å². The summed E-state index contributed by atoms with van der Waals surface area (Å²) in [5.74, 6) is -0.874. The third kappa shape index (κ3) is 3.63. The van der Waals surface area contributed by atoms with Crippen molar-refractivity contribution in [1.82, 2.24) is 0 Å². The van der Waals surface area contributed by atoms with Crippen molar-refractivity contribution in [1.29, 1.82) is 0 Å². The van der Waals surface area contributed by atoms with Gasteiger partial charge in [-0.15, -0.1) is 0 Å². The summed E-state index contributed by atoms with van der Waals surface area (Å²) in [5, 5.41) is 9.04. The molecule has 0 aliphatic heterocycles. The summed E-state index contributed by atoms with van der Waals surface area (Å²) >= 11 is 0. The Morgan fingerprint density at radius 3 is 2.32 bits per heavy atom. The zero-order chi connectivity index (χ0) is 18.4. The average Bonchev–Trinajstić information content (AvgIpc) is 2.48. The molecule has 2 aromatic rings. The molecular weight excluding hydrogens is 308 g/mol. The Hall–Kier alpha value is -2.09. The molecule has 0 fully saturated rings. The topological polar surface area (TPSA) is 37.3 Å². The fraction of sp³-hybridized carbons (Fsp3) is 0.435. The predicted octanol–water partition coefficient (Wildman–Crippen LogP) is 5.53. The molecule has 1 aliphatic rings. The number of carboxylic acid groups (broad SMARTS) is 1. The molecule has 2 nitrogen and oxygen atoms in total. The molecule has 0 saturated heterocycles. The van der Waals surface area contributed by atoms with E-state index in [1.54, 1.807) is 12.1 Å². The third-order valence-electron chi connectivity index (χ3n) is 5.48. The molecule has 0 atom stereocenters. The Balaban J connectivity index is 1.95. The summed E-state index contributed by atoms with van der Waals surface area (Å²) < 4.78 is 0. The lowest BCUT2D eigenvalue weighted by molar-refractivity contribution is 0.0697. The predicted molar refractivity (Wildman–Crippen MR) is 103 cm³/mol. The van der Waals surface area contributed by atoms with Gasteiger partial charge in [0, 0.05) is 0 Å². The Labute approximate surface area is 150 Å². The highest BCUT2D eigenvalue weighted by molar-refractivity contribution is 5.87. The van der Waals surface area contributed by atoms with Gasteiger partial charge in [0.15, 0.2) is 0 Å². The standard InChI is InChI=1S/C23H28O2/c1-15-10-20-19(13-22(2,3)14-23(20,4)5)12-18(15)11-16-6-8-17(9-7-16)21(24)25/h6-10,12H,11,13-14H2,1-5H3,(H,24,25). The van der Waals surface area contributed by atoms with Crippen LogP contribution in [-0.4, -0.2) is 11.1 Å². The molecule has 0 aromatic heterocycles. The molecule has 3 rings (SSSR count). The number of fused-ring (bicyclic) bond motifs is 1. The molecule has 0 spiro atoms. The van der Waals surface area contributed by atoms with E-state index in [0.29, 0.717) is 11.0 Å². The lowest BCUT2D eigenvalue weighted by Gasteiger charge is -2.43. The second-order valence-electron chi connectivity index (χ2n) is 9.02. The average molecular weight is 336 g/mol. The first kappa shape index (κ1) is 17.7. The van der Waals surface area contributed by atoms with Gasteiger partial charge >= 0.3 is 5.97 Å². The molecule has 0 heterocycles. The summed E-state index contributed by atoms with van der Waals surface area (Å²) in [7, 11) is 0. The van der Waals surface area contributed by atoms with Crippen molar-refractivity contribution in [2.45, 2.75) is 59.3 Å². The molecule has 0 unspecified atom stereocenters. The molecule has 2 heteroatoms. The van der Waals surface area contributed by atoms with Crippen LogP contribution in [0.1, 0.15) is 72.3 Å². The monoisotopic (exact) mass is 336 g/mol. The van der Waals surface area contributed by atoms with Crippen LogP contribution in [0.2, 0.25) is 0 Å². The molecule has 25 heavy (non-hydrogen) atoms. The number of benzene rings is 2. The van der Waals surface area contributed by atoms with Gasteiger partial charge in [0.1, 0.15) is 0 Å². The van der Waals surface area contributed by atoms with Crippen LogP contribution >= 0.6 is 0 Å². The van der Waals surface area contributed by atoms with E-state index in [1.807, 2.05) is 12.1 Å². The minimum atomic E-state index is -0.874. The van der Waals surface area contributed by atoms with Gasteiger partial charge in [0.25, 0.3) is 0 Å². The molecule has 132 valence electrons. The van der Waals surface area contributed by atoms with Gasteiger partial charge in [-0.3, -0.25) is 0 Å². The van der Waals surface area contributed by atoms with Crippen LogP contribution in [0.3, 0.4) is 0 Å². The number of hydrogen-bond donors (Lipinski definition) is 1. The Bertz CT molecular complexity index is 811. The van der Waals surface area contributed by atoms with Crippen LogP contribution in [0.5, 0.6) is 0 Å². The summed E-state index contributed by atoms with van der Waals surface area (Å²) in [6, 6.07) is 12.0. The SMILES string of the molecule is Cc1cc2c(cc1Cc1ccc(C(=O)O)cc1)CC(C)(C)CC2(C)C. The van der Waals surface area contributed by atoms with Crippen LogP contribution < -0.4 is 0 Å². The molecule has 1 N–H and O–H groups in total. The van der Waals surface area contributed by atoms with Crippen molar-refractivity contribution in [2.75, 3.05) is 0 Å². The summed E-state index contributed by atoms with van der Waals surface area (Å²) in [4.78, 5) is 11.0. The van der Waals surface area contributed by atoms with E-state index in [0.717, 1.165) is 18.4 Å². The van der Waals surface area contributed by atoms with Gasteiger partial charge in [-0.1, -0.05) is 52.0 Å². The number of carbonyl (C=O) groups is 1. The van der Waals surface area contributed by atoms with Crippen molar-refractivity contribution in [3.63, 3.8) is 0 Å². The summed E-state index contributed by atoms with van der Waals surface area (Å²) in [6.45, 7) is 11.6. The van der Waals surface area contributed by atoms with Gasteiger partial charge < -0.3 is 5.11 Å². The molecule has 0 bridgehead atoms. The second-order valence-corrected chi connectivity index (χ2v) is 9.02. The number of hydrogen-bond acceptors (Lipinski definition) is 1.